The lowest BCUT2D eigenvalue weighted by molar-refractivity contribution is -0.128. The van der Waals surface area contributed by atoms with Crippen LogP contribution in [0.3, 0.4) is 0 Å². The van der Waals surface area contributed by atoms with E-state index in [-0.39, 0.29) is 11.9 Å². The van der Waals surface area contributed by atoms with E-state index < -0.39 is 5.41 Å². The Hall–Kier alpha value is -1.34. The molecule has 0 aliphatic heterocycles. The van der Waals surface area contributed by atoms with Crippen LogP contribution in [-0.2, 0) is 4.79 Å². The Labute approximate surface area is 100 Å². The predicted molar refractivity (Wildman–Crippen MR) is 64.9 cm³/mol. The molecule has 0 fully saturated rings. The molecule has 1 rings (SSSR count). The van der Waals surface area contributed by atoms with Gasteiger partial charge in [0.1, 0.15) is 5.41 Å². The molecule has 3 nitrogen and oxygen atoms in total. The first-order chi connectivity index (χ1) is 7.53. The van der Waals surface area contributed by atoms with E-state index in [0.717, 1.165) is 4.88 Å². The number of hydrogen-bond donors (Lipinski definition) is 1. The second-order valence-electron chi connectivity index (χ2n) is 4.01. The molecule has 0 spiro atoms. The van der Waals surface area contributed by atoms with Crippen molar-refractivity contribution in [3.05, 3.63) is 22.4 Å². The van der Waals surface area contributed by atoms with Crippen LogP contribution in [0.5, 0.6) is 0 Å². The maximum atomic E-state index is 11.9. The summed E-state index contributed by atoms with van der Waals surface area (Å²) in [5, 5.41) is 13.8. The van der Waals surface area contributed by atoms with E-state index in [0.29, 0.717) is 6.42 Å². The van der Waals surface area contributed by atoms with Crippen molar-refractivity contribution in [3.63, 3.8) is 0 Å². The number of carbonyl (C=O) groups excluding carboxylic acids is 1. The quantitative estimate of drug-likeness (QED) is 0.874. The molecule has 1 amide bonds. The van der Waals surface area contributed by atoms with Crippen molar-refractivity contribution in [2.24, 2.45) is 5.41 Å². The normalized spacial score (nSPS) is 15.9. The molecule has 2 atom stereocenters. The first-order valence-electron chi connectivity index (χ1n) is 5.29. The lowest BCUT2D eigenvalue weighted by Gasteiger charge is -2.21. The molecule has 2 unspecified atom stereocenters. The van der Waals surface area contributed by atoms with Crippen LogP contribution in [-0.4, -0.2) is 5.91 Å². The van der Waals surface area contributed by atoms with Crippen LogP contribution in [0.1, 0.15) is 38.1 Å². The van der Waals surface area contributed by atoms with Gasteiger partial charge in [-0.3, -0.25) is 4.79 Å². The Morgan fingerprint density at radius 3 is 2.88 bits per heavy atom. The highest BCUT2D eigenvalue weighted by atomic mass is 32.1. The number of thiophene rings is 1. The topological polar surface area (TPSA) is 52.9 Å². The number of nitrogens with zero attached hydrogens (tertiary/aromatic N) is 1. The number of carbonyl (C=O) groups is 1. The fourth-order valence-corrected chi connectivity index (χ4v) is 1.99. The van der Waals surface area contributed by atoms with Gasteiger partial charge in [0.15, 0.2) is 0 Å². The van der Waals surface area contributed by atoms with Gasteiger partial charge in [-0.2, -0.15) is 5.26 Å². The molecule has 0 bridgehead atoms. The molecule has 86 valence electrons. The fraction of sp³-hybridized carbons (Fsp3) is 0.500. The minimum Gasteiger partial charge on any atom is -0.347 e. The molecular formula is C12H16N2OS. The van der Waals surface area contributed by atoms with Gasteiger partial charge in [-0.05, 0) is 31.7 Å². The number of nitrogens with one attached hydrogen (secondary N) is 1. The Morgan fingerprint density at radius 1 is 1.75 bits per heavy atom. The van der Waals surface area contributed by atoms with Crippen molar-refractivity contribution in [2.75, 3.05) is 0 Å². The number of amides is 1. The zero-order valence-electron chi connectivity index (χ0n) is 9.78. The third-order valence-electron chi connectivity index (χ3n) is 2.77. The summed E-state index contributed by atoms with van der Waals surface area (Å²) in [6.45, 7) is 5.44. The molecule has 4 heteroatoms. The van der Waals surface area contributed by atoms with Crippen LogP contribution in [0.25, 0.3) is 0 Å². The molecule has 1 aromatic heterocycles. The first kappa shape index (κ1) is 12.7. The van der Waals surface area contributed by atoms with Gasteiger partial charge in [-0.25, -0.2) is 0 Å². The summed E-state index contributed by atoms with van der Waals surface area (Å²) in [6, 6.07) is 5.96. The minimum absolute atomic E-state index is 0.0354. The Balaban J connectivity index is 2.69. The monoisotopic (exact) mass is 236 g/mol. The molecule has 1 heterocycles. The Bertz CT molecular complexity index is 394. The minimum atomic E-state index is -0.925. The van der Waals surface area contributed by atoms with Gasteiger partial charge in [-0.15, -0.1) is 11.3 Å². The van der Waals surface area contributed by atoms with E-state index >= 15 is 0 Å². The highest BCUT2D eigenvalue weighted by Crippen LogP contribution is 2.23. The van der Waals surface area contributed by atoms with Crippen LogP contribution < -0.4 is 5.32 Å². The highest BCUT2D eigenvalue weighted by molar-refractivity contribution is 7.10. The molecule has 0 saturated heterocycles. The molecule has 16 heavy (non-hydrogen) atoms. The van der Waals surface area contributed by atoms with Gasteiger partial charge >= 0.3 is 0 Å². The Morgan fingerprint density at radius 2 is 2.44 bits per heavy atom. The zero-order chi connectivity index (χ0) is 12.2. The van der Waals surface area contributed by atoms with Crippen molar-refractivity contribution in [1.82, 2.24) is 5.32 Å². The van der Waals surface area contributed by atoms with Crippen molar-refractivity contribution in [3.8, 4) is 6.07 Å². The van der Waals surface area contributed by atoms with Gasteiger partial charge < -0.3 is 5.32 Å². The van der Waals surface area contributed by atoms with Gasteiger partial charge in [0.05, 0.1) is 12.1 Å². The van der Waals surface area contributed by atoms with Crippen molar-refractivity contribution < 1.29 is 4.79 Å². The summed E-state index contributed by atoms with van der Waals surface area (Å²) >= 11 is 1.60. The van der Waals surface area contributed by atoms with Crippen LogP contribution in [0, 0.1) is 16.7 Å². The summed E-state index contributed by atoms with van der Waals surface area (Å²) in [6.07, 6.45) is 0.520. The molecule has 0 aliphatic rings. The third-order valence-corrected chi connectivity index (χ3v) is 3.83. The average molecular weight is 236 g/mol. The molecule has 0 saturated carbocycles. The molecular weight excluding hydrogens is 220 g/mol. The lowest BCUT2D eigenvalue weighted by Crippen LogP contribution is -2.38. The SMILES string of the molecule is CCC(C)(C#N)C(=O)NC(C)c1cccs1. The Kier molecular flexibility index (Phi) is 4.08. The molecule has 0 radical (unpaired) electrons. The van der Waals surface area contributed by atoms with E-state index in [4.69, 9.17) is 5.26 Å². The summed E-state index contributed by atoms with van der Waals surface area (Å²) in [4.78, 5) is 13.0. The molecule has 1 N–H and O–H groups in total. The van der Waals surface area contributed by atoms with Gasteiger partial charge in [-0.1, -0.05) is 13.0 Å². The number of nitriles is 1. The lowest BCUT2D eigenvalue weighted by atomic mass is 9.88. The standard InChI is InChI=1S/C12H16N2OS/c1-4-12(3,8-13)11(15)14-9(2)10-6-5-7-16-10/h5-7,9H,4H2,1-3H3,(H,14,15). The van der Waals surface area contributed by atoms with Crippen LogP contribution in [0.15, 0.2) is 17.5 Å². The number of hydrogen-bond acceptors (Lipinski definition) is 3. The second-order valence-corrected chi connectivity index (χ2v) is 4.99. The molecule has 0 aromatic carbocycles. The largest absolute Gasteiger partial charge is 0.347 e. The van der Waals surface area contributed by atoms with Crippen molar-refractivity contribution >= 4 is 17.2 Å². The van der Waals surface area contributed by atoms with E-state index in [1.54, 1.807) is 18.3 Å². The number of rotatable bonds is 4. The summed E-state index contributed by atoms with van der Waals surface area (Å²) in [7, 11) is 0. The van der Waals surface area contributed by atoms with Crippen LogP contribution in [0.2, 0.25) is 0 Å². The summed E-state index contributed by atoms with van der Waals surface area (Å²) < 4.78 is 0. The molecule has 0 aliphatic carbocycles. The predicted octanol–water partition coefficient (Wildman–Crippen LogP) is 2.87. The first-order valence-corrected chi connectivity index (χ1v) is 6.17. The van der Waals surface area contributed by atoms with Crippen LogP contribution in [0.4, 0.5) is 0 Å². The van der Waals surface area contributed by atoms with Gasteiger partial charge in [0.2, 0.25) is 5.91 Å². The summed E-state index contributed by atoms with van der Waals surface area (Å²) in [5.41, 5.74) is -0.925. The maximum absolute atomic E-state index is 11.9. The second kappa shape index (κ2) is 5.13. The van der Waals surface area contributed by atoms with Crippen LogP contribution >= 0.6 is 11.3 Å². The van der Waals surface area contributed by atoms with Gasteiger partial charge in [0.25, 0.3) is 0 Å². The van der Waals surface area contributed by atoms with E-state index in [1.807, 2.05) is 31.4 Å². The van der Waals surface area contributed by atoms with Crippen molar-refractivity contribution in [2.45, 2.75) is 33.2 Å². The van der Waals surface area contributed by atoms with E-state index in [1.165, 1.54) is 0 Å². The third kappa shape index (κ3) is 2.61. The van der Waals surface area contributed by atoms with E-state index in [9.17, 15) is 4.79 Å². The smallest absolute Gasteiger partial charge is 0.240 e. The van der Waals surface area contributed by atoms with Gasteiger partial charge in [0, 0.05) is 4.88 Å². The van der Waals surface area contributed by atoms with E-state index in [2.05, 4.69) is 11.4 Å². The average Bonchev–Trinajstić information content (AvgIpc) is 2.81. The van der Waals surface area contributed by atoms with Crippen molar-refractivity contribution in [1.29, 1.82) is 5.26 Å². The molecule has 1 aromatic rings. The zero-order valence-corrected chi connectivity index (χ0v) is 10.6. The maximum Gasteiger partial charge on any atom is 0.240 e. The highest BCUT2D eigenvalue weighted by Gasteiger charge is 2.32. The fourth-order valence-electron chi connectivity index (χ4n) is 1.26. The summed E-state index contributed by atoms with van der Waals surface area (Å²) in [5.74, 6) is -0.196.